The predicted octanol–water partition coefficient (Wildman–Crippen LogP) is 3.79. The molecule has 19 heavy (non-hydrogen) atoms. The van der Waals surface area contributed by atoms with Crippen molar-refractivity contribution in [2.24, 2.45) is 0 Å². The highest BCUT2D eigenvalue weighted by Crippen LogP contribution is 2.24. The van der Waals surface area contributed by atoms with Crippen LogP contribution in [0.25, 0.3) is 0 Å². The van der Waals surface area contributed by atoms with Crippen LogP contribution in [0.1, 0.15) is 23.0 Å². The molecule has 1 aromatic heterocycles. The lowest BCUT2D eigenvalue weighted by Gasteiger charge is -2.07. The minimum Gasteiger partial charge on any atom is -0.476 e. The van der Waals surface area contributed by atoms with Gasteiger partial charge in [-0.1, -0.05) is 30.7 Å². The van der Waals surface area contributed by atoms with Gasteiger partial charge in [0.05, 0.1) is 5.02 Å². The maximum absolute atomic E-state index is 10.9. The van der Waals surface area contributed by atoms with E-state index in [1.54, 1.807) is 6.07 Å². The van der Waals surface area contributed by atoms with Crippen molar-refractivity contribution < 1.29 is 14.6 Å². The van der Waals surface area contributed by atoms with Crippen LogP contribution in [0.3, 0.4) is 0 Å². The zero-order valence-corrected chi connectivity index (χ0v) is 11.0. The highest BCUT2D eigenvalue weighted by molar-refractivity contribution is 6.33. The summed E-state index contributed by atoms with van der Waals surface area (Å²) in [6.45, 7) is 2.04. The quantitative estimate of drug-likeness (QED) is 0.924. The Hall–Kier alpha value is -2.07. The number of nitrogens with zero attached hydrogens (tertiary/aromatic N) is 1. The Morgan fingerprint density at radius 3 is 2.84 bits per heavy atom. The van der Waals surface area contributed by atoms with Crippen molar-refractivity contribution in [2.45, 2.75) is 13.3 Å². The fourth-order valence-corrected chi connectivity index (χ4v) is 1.77. The molecule has 1 N–H and O–H groups in total. The van der Waals surface area contributed by atoms with Crippen LogP contribution >= 0.6 is 11.6 Å². The molecule has 0 aliphatic heterocycles. The Balaban J connectivity index is 2.28. The number of rotatable bonds is 4. The Morgan fingerprint density at radius 2 is 2.16 bits per heavy atom. The predicted molar refractivity (Wildman–Crippen MR) is 72.1 cm³/mol. The topological polar surface area (TPSA) is 59.4 Å². The number of hydrogen-bond donors (Lipinski definition) is 1. The second-order valence-electron chi connectivity index (χ2n) is 3.89. The lowest BCUT2D eigenvalue weighted by Crippen LogP contribution is -2.02. The van der Waals surface area contributed by atoms with Gasteiger partial charge in [0.15, 0.2) is 5.69 Å². The number of pyridine rings is 1. The first-order chi connectivity index (χ1) is 9.10. The minimum atomic E-state index is -1.18. The van der Waals surface area contributed by atoms with Gasteiger partial charge in [-0.25, -0.2) is 9.78 Å². The van der Waals surface area contributed by atoms with Gasteiger partial charge in [0.25, 0.3) is 0 Å². The van der Waals surface area contributed by atoms with Crippen LogP contribution in [0.4, 0.5) is 0 Å². The van der Waals surface area contributed by atoms with Crippen molar-refractivity contribution in [3.8, 4) is 11.6 Å². The Kier molecular flexibility index (Phi) is 4.02. The van der Waals surface area contributed by atoms with E-state index in [0.29, 0.717) is 5.75 Å². The molecule has 2 rings (SSSR count). The van der Waals surface area contributed by atoms with E-state index in [9.17, 15) is 4.79 Å². The van der Waals surface area contributed by atoms with E-state index in [-0.39, 0.29) is 16.6 Å². The van der Waals surface area contributed by atoms with E-state index in [1.807, 2.05) is 25.1 Å². The van der Waals surface area contributed by atoms with Crippen molar-refractivity contribution in [1.29, 1.82) is 0 Å². The molecule has 0 saturated carbocycles. The average Bonchev–Trinajstić information content (AvgIpc) is 2.41. The first-order valence-corrected chi connectivity index (χ1v) is 6.14. The molecular weight excluding hydrogens is 266 g/mol. The standard InChI is InChI=1S/C14H12ClNO3/c1-2-9-4-3-5-10(8-9)19-12-7-6-11(15)13(16-12)14(17)18/h3-8H,2H2,1H3,(H,17,18). The molecular formula is C14H12ClNO3. The lowest BCUT2D eigenvalue weighted by atomic mass is 10.2. The van der Waals surface area contributed by atoms with Crippen LogP contribution < -0.4 is 4.74 Å². The maximum atomic E-state index is 10.9. The molecule has 1 heterocycles. The number of aromatic carboxylic acids is 1. The summed E-state index contributed by atoms with van der Waals surface area (Å²) in [4.78, 5) is 14.8. The van der Waals surface area contributed by atoms with Crippen molar-refractivity contribution in [2.75, 3.05) is 0 Å². The maximum Gasteiger partial charge on any atom is 0.356 e. The highest BCUT2D eigenvalue weighted by Gasteiger charge is 2.12. The summed E-state index contributed by atoms with van der Waals surface area (Å²) >= 11 is 5.74. The zero-order valence-electron chi connectivity index (χ0n) is 10.3. The van der Waals surface area contributed by atoms with Gasteiger partial charge >= 0.3 is 5.97 Å². The third kappa shape index (κ3) is 3.23. The van der Waals surface area contributed by atoms with E-state index in [2.05, 4.69) is 4.98 Å². The monoisotopic (exact) mass is 277 g/mol. The summed E-state index contributed by atoms with van der Waals surface area (Å²) in [7, 11) is 0. The minimum absolute atomic E-state index is 0.0853. The van der Waals surface area contributed by atoms with Crippen LogP contribution in [0.5, 0.6) is 11.6 Å². The van der Waals surface area contributed by atoms with Crippen molar-refractivity contribution in [3.05, 3.63) is 52.7 Å². The molecule has 0 fully saturated rings. The van der Waals surface area contributed by atoms with Crippen molar-refractivity contribution >= 4 is 17.6 Å². The smallest absolute Gasteiger partial charge is 0.356 e. The van der Waals surface area contributed by atoms with E-state index >= 15 is 0 Å². The molecule has 0 spiro atoms. The number of carboxylic acids is 1. The molecule has 0 amide bonds. The summed E-state index contributed by atoms with van der Waals surface area (Å²) in [5.41, 5.74) is 0.913. The van der Waals surface area contributed by atoms with Gasteiger partial charge in [-0.15, -0.1) is 0 Å². The summed E-state index contributed by atoms with van der Waals surface area (Å²) < 4.78 is 5.53. The number of carboxylic acid groups (broad SMARTS) is 1. The molecule has 98 valence electrons. The average molecular weight is 278 g/mol. The van der Waals surface area contributed by atoms with Gasteiger partial charge in [-0.2, -0.15) is 0 Å². The number of carbonyl (C=O) groups is 1. The molecule has 1 aromatic carbocycles. The molecule has 0 aliphatic rings. The van der Waals surface area contributed by atoms with Crippen molar-refractivity contribution in [3.63, 3.8) is 0 Å². The number of hydrogen-bond acceptors (Lipinski definition) is 3. The van der Waals surface area contributed by atoms with Gasteiger partial charge in [-0.3, -0.25) is 0 Å². The first kappa shape index (κ1) is 13.4. The summed E-state index contributed by atoms with van der Waals surface area (Å²) in [6, 6.07) is 10.5. The molecule has 0 unspecified atom stereocenters. The van der Waals surface area contributed by atoms with Crippen molar-refractivity contribution in [1.82, 2.24) is 4.98 Å². The van der Waals surface area contributed by atoms with Gasteiger partial charge in [-0.05, 0) is 30.2 Å². The molecule has 4 nitrogen and oxygen atoms in total. The van der Waals surface area contributed by atoms with Crippen LogP contribution in [0, 0.1) is 0 Å². The van der Waals surface area contributed by atoms with E-state index in [0.717, 1.165) is 12.0 Å². The number of ether oxygens (including phenoxy) is 1. The number of halogens is 1. The number of aromatic nitrogens is 1. The Labute approximate surface area is 115 Å². The van der Waals surface area contributed by atoms with Gasteiger partial charge in [0.2, 0.25) is 5.88 Å². The molecule has 2 aromatic rings. The number of benzene rings is 1. The molecule has 0 aliphatic carbocycles. The lowest BCUT2D eigenvalue weighted by molar-refractivity contribution is 0.0690. The molecule has 0 radical (unpaired) electrons. The van der Waals surface area contributed by atoms with Crippen LogP contribution in [-0.4, -0.2) is 16.1 Å². The van der Waals surface area contributed by atoms with Gasteiger partial charge in [0, 0.05) is 6.07 Å². The second kappa shape index (κ2) is 5.71. The van der Waals surface area contributed by atoms with Crippen LogP contribution in [0.15, 0.2) is 36.4 Å². The third-order valence-corrected chi connectivity index (χ3v) is 2.86. The van der Waals surface area contributed by atoms with E-state index in [1.165, 1.54) is 12.1 Å². The Morgan fingerprint density at radius 1 is 1.37 bits per heavy atom. The largest absolute Gasteiger partial charge is 0.476 e. The second-order valence-corrected chi connectivity index (χ2v) is 4.30. The Bertz CT molecular complexity index is 613. The summed E-state index contributed by atoms with van der Waals surface area (Å²) in [6.07, 6.45) is 0.894. The third-order valence-electron chi connectivity index (χ3n) is 2.55. The van der Waals surface area contributed by atoms with E-state index < -0.39 is 5.97 Å². The fourth-order valence-electron chi connectivity index (χ4n) is 1.58. The molecule has 0 atom stereocenters. The van der Waals surface area contributed by atoms with Crippen LogP contribution in [-0.2, 0) is 6.42 Å². The molecule has 0 saturated heterocycles. The summed E-state index contributed by atoms with van der Waals surface area (Å²) in [5, 5.41) is 9.02. The van der Waals surface area contributed by atoms with Gasteiger partial charge < -0.3 is 9.84 Å². The first-order valence-electron chi connectivity index (χ1n) is 5.76. The van der Waals surface area contributed by atoms with Crippen LogP contribution in [0.2, 0.25) is 5.02 Å². The fraction of sp³-hybridized carbons (Fsp3) is 0.143. The SMILES string of the molecule is CCc1cccc(Oc2ccc(Cl)c(C(=O)O)n2)c1. The summed E-state index contributed by atoms with van der Waals surface area (Å²) in [5.74, 6) is -0.363. The highest BCUT2D eigenvalue weighted by atomic mass is 35.5. The normalized spacial score (nSPS) is 10.2. The number of aryl methyl sites for hydroxylation is 1. The molecule has 5 heteroatoms. The zero-order chi connectivity index (χ0) is 13.8. The van der Waals surface area contributed by atoms with Gasteiger partial charge in [0.1, 0.15) is 5.75 Å². The molecule has 0 bridgehead atoms. The van der Waals surface area contributed by atoms with E-state index in [4.69, 9.17) is 21.4 Å².